The Labute approximate surface area is 127 Å². The van der Waals surface area contributed by atoms with Crippen molar-refractivity contribution in [1.82, 2.24) is 0 Å². The largest absolute Gasteiger partial charge is 0.450 e. The molecule has 1 rings (SSSR count). The van der Waals surface area contributed by atoms with Gasteiger partial charge >= 0.3 is 12.1 Å². The van der Waals surface area contributed by atoms with E-state index in [0.717, 1.165) is 13.0 Å². The molecule has 0 spiro atoms. The summed E-state index contributed by atoms with van der Waals surface area (Å²) in [5.41, 5.74) is -2.45. The Morgan fingerprint density at radius 2 is 1.81 bits per heavy atom. The van der Waals surface area contributed by atoms with Crippen LogP contribution in [0.4, 0.5) is 18.9 Å². The predicted octanol–water partition coefficient (Wildman–Crippen LogP) is 3.75. The van der Waals surface area contributed by atoms with E-state index >= 15 is 0 Å². The number of carbonyl (C=O) groups is 2. The monoisotopic (exact) mass is 367 g/mol. The van der Waals surface area contributed by atoms with Gasteiger partial charge in [0.15, 0.2) is 5.60 Å². The lowest BCUT2D eigenvalue weighted by atomic mass is 10.1. The molecule has 8 heteroatoms. The molecule has 21 heavy (non-hydrogen) atoms. The first-order valence-corrected chi connectivity index (χ1v) is 6.60. The summed E-state index contributed by atoms with van der Waals surface area (Å²) in [7, 11) is 0. The second-order valence-electron chi connectivity index (χ2n) is 4.75. The van der Waals surface area contributed by atoms with Crippen LogP contribution >= 0.6 is 15.9 Å². The average molecular weight is 368 g/mol. The number of rotatable bonds is 3. The van der Waals surface area contributed by atoms with Crippen LogP contribution < -0.4 is 5.32 Å². The molecule has 0 atom stereocenters. The van der Waals surface area contributed by atoms with Crippen LogP contribution in [-0.4, -0.2) is 17.5 Å². The Kier molecular flexibility index (Phi) is 5.03. The smallest absolute Gasteiger partial charge is 0.417 e. The van der Waals surface area contributed by atoms with Crippen molar-refractivity contribution in [3.05, 3.63) is 28.2 Å². The van der Waals surface area contributed by atoms with Gasteiger partial charge < -0.3 is 10.1 Å². The van der Waals surface area contributed by atoms with Crippen molar-refractivity contribution >= 4 is 33.5 Å². The Bertz CT molecular complexity index is 570. The molecular weight excluding hydrogens is 355 g/mol. The summed E-state index contributed by atoms with van der Waals surface area (Å²) in [4.78, 5) is 22.8. The lowest BCUT2D eigenvalue weighted by Crippen LogP contribution is -2.41. The van der Waals surface area contributed by atoms with Gasteiger partial charge in [0.1, 0.15) is 0 Å². The van der Waals surface area contributed by atoms with Gasteiger partial charge in [0.25, 0.3) is 5.91 Å². The fourth-order valence-electron chi connectivity index (χ4n) is 1.51. The van der Waals surface area contributed by atoms with Crippen molar-refractivity contribution in [2.45, 2.75) is 32.5 Å². The fraction of sp³-hybridized carbons (Fsp3) is 0.385. The zero-order valence-corrected chi connectivity index (χ0v) is 13.1. The molecule has 0 radical (unpaired) electrons. The summed E-state index contributed by atoms with van der Waals surface area (Å²) in [5.74, 6) is -1.39. The van der Waals surface area contributed by atoms with Crippen LogP contribution in [0.15, 0.2) is 22.7 Å². The number of hydrogen-bond donors (Lipinski definition) is 1. The number of esters is 1. The van der Waals surface area contributed by atoms with Crippen molar-refractivity contribution in [2.24, 2.45) is 0 Å². The lowest BCUT2D eigenvalue weighted by molar-refractivity contribution is -0.160. The molecule has 0 aliphatic carbocycles. The molecule has 4 nitrogen and oxygen atoms in total. The average Bonchev–Trinajstić information content (AvgIpc) is 2.28. The number of ether oxygens (including phenoxy) is 1. The standard InChI is InChI=1S/C13H13BrF3NO3/c1-7(19)21-12(2,3)11(20)18-8-4-5-10(14)9(6-8)13(15,16)17/h4-6H,1-3H3,(H,18,20). The van der Waals surface area contributed by atoms with Crippen LogP contribution in [0.2, 0.25) is 0 Å². The third-order valence-electron chi connectivity index (χ3n) is 2.48. The highest BCUT2D eigenvalue weighted by Crippen LogP contribution is 2.36. The molecular formula is C13H13BrF3NO3. The maximum absolute atomic E-state index is 12.8. The molecule has 1 aromatic rings. The van der Waals surface area contributed by atoms with Gasteiger partial charge in [0.2, 0.25) is 0 Å². The Balaban J connectivity index is 2.99. The van der Waals surface area contributed by atoms with Gasteiger partial charge in [-0.15, -0.1) is 0 Å². The van der Waals surface area contributed by atoms with E-state index in [-0.39, 0.29) is 10.2 Å². The fourth-order valence-corrected chi connectivity index (χ4v) is 1.98. The minimum absolute atomic E-state index is 0.0456. The van der Waals surface area contributed by atoms with Crippen molar-refractivity contribution in [3.8, 4) is 0 Å². The molecule has 0 heterocycles. The predicted molar refractivity (Wildman–Crippen MR) is 73.6 cm³/mol. The van der Waals surface area contributed by atoms with E-state index < -0.39 is 29.2 Å². The normalized spacial score (nSPS) is 12.0. The number of benzene rings is 1. The molecule has 0 fully saturated rings. The Morgan fingerprint density at radius 3 is 2.29 bits per heavy atom. The zero-order chi connectivity index (χ0) is 16.4. The number of alkyl halides is 3. The minimum Gasteiger partial charge on any atom is -0.450 e. The number of anilines is 1. The van der Waals surface area contributed by atoms with Crippen LogP contribution in [0.5, 0.6) is 0 Å². The summed E-state index contributed by atoms with van der Waals surface area (Å²) in [6.45, 7) is 3.82. The van der Waals surface area contributed by atoms with Crippen molar-refractivity contribution < 1.29 is 27.5 Å². The molecule has 116 valence electrons. The van der Waals surface area contributed by atoms with Crippen LogP contribution in [0, 0.1) is 0 Å². The van der Waals surface area contributed by atoms with Crippen LogP contribution in [0.3, 0.4) is 0 Å². The minimum atomic E-state index is -4.55. The maximum Gasteiger partial charge on any atom is 0.417 e. The molecule has 1 amide bonds. The van der Waals surface area contributed by atoms with E-state index in [9.17, 15) is 22.8 Å². The Hall–Kier alpha value is -1.57. The second-order valence-corrected chi connectivity index (χ2v) is 5.60. The number of halogens is 4. The van der Waals surface area contributed by atoms with E-state index in [1.165, 1.54) is 26.0 Å². The quantitative estimate of drug-likeness (QED) is 0.827. The first-order valence-electron chi connectivity index (χ1n) is 5.81. The first kappa shape index (κ1) is 17.5. The summed E-state index contributed by atoms with van der Waals surface area (Å²) in [6, 6.07) is 3.28. The summed E-state index contributed by atoms with van der Waals surface area (Å²) in [5, 5.41) is 2.29. The molecule has 0 aromatic heterocycles. The van der Waals surface area contributed by atoms with E-state index in [4.69, 9.17) is 4.74 Å². The third-order valence-corrected chi connectivity index (χ3v) is 3.17. The zero-order valence-electron chi connectivity index (χ0n) is 11.5. The number of amides is 1. The van der Waals surface area contributed by atoms with Crippen molar-refractivity contribution in [1.29, 1.82) is 0 Å². The highest BCUT2D eigenvalue weighted by Gasteiger charge is 2.34. The van der Waals surface area contributed by atoms with Gasteiger partial charge in [-0.25, -0.2) is 0 Å². The molecule has 0 saturated heterocycles. The van der Waals surface area contributed by atoms with E-state index in [1.54, 1.807) is 0 Å². The van der Waals surface area contributed by atoms with Gasteiger partial charge in [0, 0.05) is 17.1 Å². The number of nitrogens with one attached hydrogen (secondary N) is 1. The molecule has 0 unspecified atom stereocenters. The summed E-state index contributed by atoms with van der Waals surface area (Å²) in [6.07, 6.45) is -4.55. The highest BCUT2D eigenvalue weighted by atomic mass is 79.9. The van der Waals surface area contributed by atoms with Gasteiger partial charge in [0.05, 0.1) is 5.56 Å². The second kappa shape index (κ2) is 6.05. The maximum atomic E-state index is 12.8. The summed E-state index contributed by atoms with van der Waals surface area (Å²) >= 11 is 2.80. The van der Waals surface area contributed by atoms with Gasteiger partial charge in [-0.1, -0.05) is 15.9 Å². The SMILES string of the molecule is CC(=O)OC(C)(C)C(=O)Nc1ccc(Br)c(C(F)(F)F)c1. The molecule has 0 bridgehead atoms. The topological polar surface area (TPSA) is 55.4 Å². The highest BCUT2D eigenvalue weighted by molar-refractivity contribution is 9.10. The van der Waals surface area contributed by atoms with Crippen LogP contribution in [0.25, 0.3) is 0 Å². The van der Waals surface area contributed by atoms with Gasteiger partial charge in [-0.3, -0.25) is 9.59 Å². The summed E-state index contributed by atoms with van der Waals surface area (Å²) < 4.78 is 43.0. The van der Waals surface area contributed by atoms with Crippen molar-refractivity contribution in [3.63, 3.8) is 0 Å². The van der Waals surface area contributed by atoms with Crippen molar-refractivity contribution in [2.75, 3.05) is 5.32 Å². The Morgan fingerprint density at radius 1 is 1.24 bits per heavy atom. The van der Waals surface area contributed by atoms with E-state index in [0.29, 0.717) is 0 Å². The van der Waals surface area contributed by atoms with Gasteiger partial charge in [-0.2, -0.15) is 13.2 Å². The number of hydrogen-bond acceptors (Lipinski definition) is 3. The van der Waals surface area contributed by atoms with Crippen LogP contribution in [-0.2, 0) is 20.5 Å². The van der Waals surface area contributed by atoms with E-state index in [2.05, 4.69) is 21.2 Å². The third kappa shape index (κ3) is 4.73. The molecule has 1 aromatic carbocycles. The molecule has 1 N–H and O–H groups in total. The molecule has 0 aliphatic heterocycles. The first-order chi connectivity index (χ1) is 9.43. The number of carbonyl (C=O) groups excluding carboxylic acids is 2. The lowest BCUT2D eigenvalue weighted by Gasteiger charge is -2.23. The molecule has 0 aliphatic rings. The molecule has 0 saturated carbocycles. The van der Waals surface area contributed by atoms with E-state index in [1.807, 2.05) is 0 Å². The van der Waals surface area contributed by atoms with Crippen LogP contribution in [0.1, 0.15) is 26.3 Å². The van der Waals surface area contributed by atoms with Gasteiger partial charge in [-0.05, 0) is 32.0 Å².